The van der Waals surface area contributed by atoms with Gasteiger partial charge in [0.15, 0.2) is 0 Å². The number of hydrogen-bond acceptors (Lipinski definition) is 2. The first-order valence-corrected chi connectivity index (χ1v) is 7.26. The third-order valence-electron chi connectivity index (χ3n) is 3.80. The van der Waals surface area contributed by atoms with Crippen LogP contribution in [-0.2, 0) is 0 Å². The van der Waals surface area contributed by atoms with E-state index in [1.165, 1.54) is 6.07 Å². The van der Waals surface area contributed by atoms with Gasteiger partial charge in [0.25, 0.3) is 0 Å². The van der Waals surface area contributed by atoms with Gasteiger partial charge in [-0.3, -0.25) is 0 Å². The summed E-state index contributed by atoms with van der Waals surface area (Å²) >= 11 is 0. The first-order chi connectivity index (χ1) is 9.06. The molecule has 3 heteroatoms. The van der Waals surface area contributed by atoms with Crippen molar-refractivity contribution in [3.05, 3.63) is 30.1 Å². The second kappa shape index (κ2) is 7.49. The predicted molar refractivity (Wildman–Crippen MR) is 81.2 cm³/mol. The van der Waals surface area contributed by atoms with Gasteiger partial charge in [-0.1, -0.05) is 32.9 Å². The normalized spacial score (nSPS) is 14.2. The van der Waals surface area contributed by atoms with Crippen LogP contribution >= 0.6 is 0 Å². The molecule has 108 valence electrons. The number of nitrogens with zero attached hydrogens (tertiary/aromatic N) is 1. The van der Waals surface area contributed by atoms with Crippen LogP contribution in [-0.4, -0.2) is 26.2 Å². The minimum atomic E-state index is -0.133. The molecular weight excluding hydrogens is 239 g/mol. The monoisotopic (exact) mass is 266 g/mol. The molecule has 1 aromatic carbocycles. The Balaban J connectivity index is 2.83. The molecule has 1 N–H and O–H groups in total. The van der Waals surface area contributed by atoms with Crippen molar-refractivity contribution < 1.29 is 4.39 Å². The van der Waals surface area contributed by atoms with Crippen LogP contribution < -0.4 is 10.2 Å². The fourth-order valence-corrected chi connectivity index (χ4v) is 2.26. The maximum Gasteiger partial charge on any atom is 0.146 e. The molecule has 1 aromatic rings. The van der Waals surface area contributed by atoms with Gasteiger partial charge < -0.3 is 10.2 Å². The van der Waals surface area contributed by atoms with Gasteiger partial charge in [0.2, 0.25) is 0 Å². The standard InChI is InChI=1S/C16H27FN2/c1-5-16(4,12-18-6-2)13-19(7-3)15-11-9-8-10-14(15)17/h8-11,18H,5-7,12-13H2,1-4H3. The summed E-state index contributed by atoms with van der Waals surface area (Å²) in [6.07, 6.45) is 1.07. The van der Waals surface area contributed by atoms with Crippen LogP contribution in [0, 0.1) is 11.2 Å². The highest BCUT2D eigenvalue weighted by Crippen LogP contribution is 2.26. The van der Waals surface area contributed by atoms with Gasteiger partial charge in [0.05, 0.1) is 5.69 Å². The Hall–Kier alpha value is -1.09. The predicted octanol–water partition coefficient (Wildman–Crippen LogP) is 3.68. The van der Waals surface area contributed by atoms with Gasteiger partial charge in [0, 0.05) is 19.6 Å². The van der Waals surface area contributed by atoms with Crippen LogP contribution in [0.25, 0.3) is 0 Å². The van der Waals surface area contributed by atoms with Crippen molar-refractivity contribution in [1.29, 1.82) is 0 Å². The summed E-state index contributed by atoms with van der Waals surface area (Å²) in [4.78, 5) is 2.14. The number of para-hydroxylation sites is 1. The highest BCUT2D eigenvalue weighted by Gasteiger charge is 2.25. The summed E-state index contributed by atoms with van der Waals surface area (Å²) in [5, 5.41) is 3.41. The SMILES string of the molecule is CCNCC(C)(CC)CN(CC)c1ccccc1F. The number of rotatable bonds is 8. The van der Waals surface area contributed by atoms with E-state index in [9.17, 15) is 4.39 Å². The Bertz CT molecular complexity index is 381. The molecule has 0 saturated carbocycles. The van der Waals surface area contributed by atoms with E-state index in [2.05, 4.69) is 37.9 Å². The van der Waals surface area contributed by atoms with Crippen molar-refractivity contribution in [2.75, 3.05) is 31.1 Å². The third kappa shape index (κ3) is 4.50. The molecular formula is C16H27FN2. The fourth-order valence-electron chi connectivity index (χ4n) is 2.26. The van der Waals surface area contributed by atoms with E-state index < -0.39 is 0 Å². The zero-order valence-corrected chi connectivity index (χ0v) is 12.7. The van der Waals surface area contributed by atoms with E-state index in [0.29, 0.717) is 5.69 Å². The Kier molecular flexibility index (Phi) is 6.29. The highest BCUT2D eigenvalue weighted by atomic mass is 19.1. The van der Waals surface area contributed by atoms with E-state index in [0.717, 1.165) is 32.6 Å². The van der Waals surface area contributed by atoms with Crippen LogP contribution in [0.4, 0.5) is 10.1 Å². The van der Waals surface area contributed by atoms with Crippen LogP contribution in [0.15, 0.2) is 24.3 Å². The third-order valence-corrected chi connectivity index (χ3v) is 3.80. The quantitative estimate of drug-likeness (QED) is 0.772. The first kappa shape index (κ1) is 16.0. The van der Waals surface area contributed by atoms with Crippen molar-refractivity contribution in [1.82, 2.24) is 5.32 Å². The molecule has 0 fully saturated rings. The van der Waals surface area contributed by atoms with E-state index in [1.54, 1.807) is 6.07 Å². The minimum absolute atomic E-state index is 0.133. The summed E-state index contributed by atoms with van der Waals surface area (Å²) in [6, 6.07) is 7.03. The summed E-state index contributed by atoms with van der Waals surface area (Å²) in [7, 11) is 0. The highest BCUT2D eigenvalue weighted by molar-refractivity contribution is 5.47. The lowest BCUT2D eigenvalue weighted by atomic mass is 9.86. The molecule has 0 saturated heterocycles. The maximum absolute atomic E-state index is 13.9. The molecule has 1 rings (SSSR count). The lowest BCUT2D eigenvalue weighted by molar-refractivity contribution is 0.298. The van der Waals surface area contributed by atoms with E-state index in [4.69, 9.17) is 0 Å². The average molecular weight is 266 g/mol. The number of hydrogen-bond donors (Lipinski definition) is 1. The molecule has 0 aliphatic heterocycles. The molecule has 0 aromatic heterocycles. The zero-order chi connectivity index (χ0) is 14.3. The molecule has 1 atom stereocenters. The topological polar surface area (TPSA) is 15.3 Å². The molecule has 0 amide bonds. The summed E-state index contributed by atoms with van der Waals surface area (Å²) < 4.78 is 13.9. The van der Waals surface area contributed by atoms with Crippen molar-refractivity contribution in [3.8, 4) is 0 Å². The molecule has 0 spiro atoms. The van der Waals surface area contributed by atoms with Crippen LogP contribution in [0.2, 0.25) is 0 Å². The Labute approximate surface area is 117 Å². The van der Waals surface area contributed by atoms with Gasteiger partial charge in [-0.05, 0) is 37.4 Å². The lowest BCUT2D eigenvalue weighted by Crippen LogP contribution is -2.42. The summed E-state index contributed by atoms with van der Waals surface area (Å²) in [5.41, 5.74) is 0.870. The fraction of sp³-hybridized carbons (Fsp3) is 0.625. The number of benzene rings is 1. The smallest absolute Gasteiger partial charge is 0.146 e. The molecule has 19 heavy (non-hydrogen) atoms. The van der Waals surface area contributed by atoms with Crippen molar-refractivity contribution in [3.63, 3.8) is 0 Å². The van der Waals surface area contributed by atoms with Crippen LogP contribution in [0.3, 0.4) is 0 Å². The van der Waals surface area contributed by atoms with Crippen molar-refractivity contribution in [2.45, 2.75) is 34.1 Å². The van der Waals surface area contributed by atoms with E-state index in [1.807, 2.05) is 12.1 Å². The van der Waals surface area contributed by atoms with Crippen LogP contribution in [0.5, 0.6) is 0 Å². The van der Waals surface area contributed by atoms with Crippen molar-refractivity contribution in [2.24, 2.45) is 5.41 Å². The number of halogens is 1. The molecule has 1 unspecified atom stereocenters. The Morgan fingerprint density at radius 3 is 2.42 bits per heavy atom. The first-order valence-electron chi connectivity index (χ1n) is 7.26. The largest absolute Gasteiger partial charge is 0.369 e. The second-order valence-electron chi connectivity index (χ2n) is 5.41. The van der Waals surface area contributed by atoms with Gasteiger partial charge in [0.1, 0.15) is 5.82 Å². The summed E-state index contributed by atoms with van der Waals surface area (Å²) in [5.74, 6) is -0.133. The Morgan fingerprint density at radius 1 is 1.21 bits per heavy atom. The molecule has 0 aliphatic rings. The minimum Gasteiger partial charge on any atom is -0.369 e. The second-order valence-corrected chi connectivity index (χ2v) is 5.41. The van der Waals surface area contributed by atoms with Crippen LogP contribution in [0.1, 0.15) is 34.1 Å². The maximum atomic E-state index is 13.9. The number of anilines is 1. The molecule has 0 aliphatic carbocycles. The summed E-state index contributed by atoms with van der Waals surface area (Å²) in [6.45, 7) is 12.3. The van der Waals surface area contributed by atoms with E-state index in [-0.39, 0.29) is 11.2 Å². The Morgan fingerprint density at radius 2 is 1.89 bits per heavy atom. The van der Waals surface area contributed by atoms with Crippen molar-refractivity contribution >= 4 is 5.69 Å². The molecule has 0 radical (unpaired) electrons. The molecule has 2 nitrogen and oxygen atoms in total. The molecule has 0 bridgehead atoms. The zero-order valence-electron chi connectivity index (χ0n) is 12.7. The lowest BCUT2D eigenvalue weighted by Gasteiger charge is -2.36. The number of nitrogens with one attached hydrogen (secondary N) is 1. The molecule has 0 heterocycles. The van der Waals surface area contributed by atoms with Gasteiger partial charge in [-0.25, -0.2) is 4.39 Å². The van der Waals surface area contributed by atoms with Gasteiger partial charge in [-0.2, -0.15) is 0 Å². The van der Waals surface area contributed by atoms with E-state index >= 15 is 0 Å². The average Bonchev–Trinajstić information content (AvgIpc) is 2.43. The van der Waals surface area contributed by atoms with Gasteiger partial charge in [-0.15, -0.1) is 0 Å². The van der Waals surface area contributed by atoms with Gasteiger partial charge >= 0.3 is 0 Å².